The molecule has 2 aromatic carbocycles. The van der Waals surface area contributed by atoms with Crippen LogP contribution in [0.4, 0.5) is 11.4 Å². The summed E-state index contributed by atoms with van der Waals surface area (Å²) in [6, 6.07) is 15.2. The number of nitrogens with one attached hydrogen (secondary N) is 1. The van der Waals surface area contributed by atoms with E-state index in [-0.39, 0.29) is 5.91 Å². The number of thioether (sulfide) groups is 1. The van der Waals surface area contributed by atoms with Crippen molar-refractivity contribution >= 4 is 34.8 Å². The van der Waals surface area contributed by atoms with Crippen molar-refractivity contribution in [2.24, 2.45) is 4.99 Å². The number of hydrogen-bond donors (Lipinski definition) is 1. The van der Waals surface area contributed by atoms with E-state index in [2.05, 4.69) is 10.3 Å². The second-order valence-corrected chi connectivity index (χ2v) is 5.85. The Morgan fingerprint density at radius 2 is 2.00 bits per heavy atom. The van der Waals surface area contributed by atoms with Gasteiger partial charge in [0.1, 0.15) is 10.7 Å². The number of nitrogens with zero attached hydrogens (tertiary/aromatic N) is 2. The second kappa shape index (κ2) is 6.04. The number of aliphatic imine (C=N–C) groups is 1. The third-order valence-electron chi connectivity index (χ3n) is 3.38. The van der Waals surface area contributed by atoms with E-state index in [0.717, 1.165) is 22.9 Å². The number of carbonyl (C=O) groups excluding carboxylic acids is 1. The molecule has 0 radical (unpaired) electrons. The summed E-state index contributed by atoms with van der Waals surface area (Å²) in [5, 5.41) is 13.3. The number of fused-ring (bicyclic) bond motifs is 1. The molecule has 0 aliphatic carbocycles. The minimum absolute atomic E-state index is 0.224. The molecule has 1 aliphatic heterocycles. The first-order valence-corrected chi connectivity index (χ1v) is 7.67. The fourth-order valence-electron chi connectivity index (χ4n) is 2.35. The van der Waals surface area contributed by atoms with Crippen molar-refractivity contribution in [3.63, 3.8) is 0 Å². The van der Waals surface area contributed by atoms with Gasteiger partial charge in [-0.1, -0.05) is 36.4 Å². The average Bonchev–Trinajstić information content (AvgIpc) is 2.65. The highest BCUT2D eigenvalue weighted by Crippen LogP contribution is 2.32. The molecule has 5 heteroatoms. The fraction of sp³-hybridized carbons (Fsp3) is 0.118. The Bertz CT molecular complexity index is 793. The van der Waals surface area contributed by atoms with Gasteiger partial charge < -0.3 is 5.32 Å². The lowest BCUT2D eigenvalue weighted by Gasteiger charge is -2.12. The normalized spacial score (nSPS) is 16.8. The third-order valence-corrected chi connectivity index (χ3v) is 4.16. The molecule has 1 unspecified atom stereocenters. The molecule has 22 heavy (non-hydrogen) atoms. The Morgan fingerprint density at radius 3 is 2.73 bits per heavy atom. The zero-order valence-corrected chi connectivity index (χ0v) is 12.7. The summed E-state index contributed by atoms with van der Waals surface area (Å²) >= 11 is 0.914. The van der Waals surface area contributed by atoms with Crippen LogP contribution in [0.2, 0.25) is 0 Å². The van der Waals surface area contributed by atoms with E-state index in [1.807, 2.05) is 60.9 Å². The van der Waals surface area contributed by atoms with Crippen LogP contribution in [0.25, 0.3) is 0 Å². The van der Waals surface area contributed by atoms with Crippen LogP contribution in [-0.2, 0) is 4.79 Å². The number of aryl methyl sites for hydroxylation is 1. The average molecular weight is 307 g/mol. The molecule has 1 N–H and O–H groups in total. The van der Waals surface area contributed by atoms with Crippen LogP contribution < -0.4 is 5.32 Å². The monoisotopic (exact) mass is 307 g/mol. The van der Waals surface area contributed by atoms with E-state index in [0.29, 0.717) is 17.1 Å². The maximum Gasteiger partial charge on any atom is 0.244 e. The van der Waals surface area contributed by atoms with Gasteiger partial charge in [-0.15, -0.1) is 0 Å². The maximum absolute atomic E-state index is 12.5. The van der Waals surface area contributed by atoms with Crippen LogP contribution >= 0.6 is 11.8 Å². The molecule has 1 atom stereocenters. The molecule has 0 fully saturated rings. The lowest BCUT2D eigenvalue weighted by atomic mass is 10.1. The first kappa shape index (κ1) is 14.4. The third kappa shape index (κ3) is 2.74. The molecule has 1 aliphatic rings. The van der Waals surface area contributed by atoms with Crippen molar-refractivity contribution in [2.45, 2.75) is 12.2 Å². The number of thiocyanates is 1. The minimum Gasteiger partial charge on any atom is -0.323 e. The van der Waals surface area contributed by atoms with Gasteiger partial charge in [0.15, 0.2) is 0 Å². The molecule has 108 valence electrons. The fourth-order valence-corrected chi connectivity index (χ4v) is 2.92. The van der Waals surface area contributed by atoms with Crippen LogP contribution in [0.1, 0.15) is 11.1 Å². The van der Waals surface area contributed by atoms with Crippen molar-refractivity contribution in [1.82, 2.24) is 0 Å². The van der Waals surface area contributed by atoms with Crippen molar-refractivity contribution in [3.8, 4) is 5.40 Å². The number of rotatable bonds is 2. The highest BCUT2D eigenvalue weighted by atomic mass is 32.2. The summed E-state index contributed by atoms with van der Waals surface area (Å²) in [4.78, 5) is 17.2. The van der Waals surface area contributed by atoms with Crippen LogP contribution in [0.3, 0.4) is 0 Å². The summed E-state index contributed by atoms with van der Waals surface area (Å²) in [5.74, 6) is -0.224. The van der Waals surface area contributed by atoms with Gasteiger partial charge in [0, 0.05) is 0 Å². The second-order valence-electron chi connectivity index (χ2n) is 4.96. The van der Waals surface area contributed by atoms with Crippen LogP contribution in [-0.4, -0.2) is 16.9 Å². The zero-order valence-electron chi connectivity index (χ0n) is 11.9. The van der Waals surface area contributed by atoms with Crippen molar-refractivity contribution in [1.29, 1.82) is 5.26 Å². The molecule has 1 amide bonds. The SMILES string of the molecule is Cc1ccc2c(c1)NC(=O)C(SC#N)C(c1ccccc1)=N2. The van der Waals surface area contributed by atoms with E-state index < -0.39 is 5.25 Å². The van der Waals surface area contributed by atoms with Gasteiger partial charge in [-0.3, -0.25) is 4.79 Å². The Balaban J connectivity index is 2.17. The van der Waals surface area contributed by atoms with Gasteiger partial charge in [-0.2, -0.15) is 5.26 Å². The first-order chi connectivity index (χ1) is 10.7. The Labute approximate surface area is 132 Å². The molecule has 1 heterocycles. The lowest BCUT2D eigenvalue weighted by Crippen LogP contribution is -2.31. The van der Waals surface area contributed by atoms with Gasteiger partial charge in [0.05, 0.1) is 17.1 Å². The quantitative estimate of drug-likeness (QED) is 0.861. The molecule has 0 saturated heterocycles. The van der Waals surface area contributed by atoms with E-state index in [1.54, 1.807) is 0 Å². The summed E-state index contributed by atoms with van der Waals surface area (Å²) in [6.07, 6.45) is 0. The number of amides is 1. The molecular weight excluding hydrogens is 294 g/mol. The first-order valence-electron chi connectivity index (χ1n) is 6.79. The lowest BCUT2D eigenvalue weighted by molar-refractivity contribution is -0.114. The molecule has 4 nitrogen and oxygen atoms in total. The molecule has 0 saturated carbocycles. The number of carbonyl (C=O) groups is 1. The zero-order chi connectivity index (χ0) is 15.5. The number of benzene rings is 2. The molecule has 2 aromatic rings. The van der Waals surface area contributed by atoms with Gasteiger partial charge in [-0.25, -0.2) is 4.99 Å². The van der Waals surface area contributed by atoms with E-state index in [1.165, 1.54) is 0 Å². The predicted molar refractivity (Wildman–Crippen MR) is 89.4 cm³/mol. The Morgan fingerprint density at radius 1 is 1.23 bits per heavy atom. The summed E-state index contributed by atoms with van der Waals surface area (Å²) in [5.41, 5.74) is 3.88. The molecule has 0 aromatic heterocycles. The van der Waals surface area contributed by atoms with Crippen molar-refractivity contribution in [3.05, 3.63) is 59.7 Å². The molecule has 0 spiro atoms. The van der Waals surface area contributed by atoms with Gasteiger partial charge in [-0.05, 0) is 41.9 Å². The van der Waals surface area contributed by atoms with E-state index >= 15 is 0 Å². The van der Waals surface area contributed by atoms with Crippen molar-refractivity contribution in [2.75, 3.05) is 5.32 Å². The number of hydrogen-bond acceptors (Lipinski definition) is 4. The molecule has 0 bridgehead atoms. The summed E-state index contributed by atoms with van der Waals surface area (Å²) in [6.45, 7) is 1.96. The summed E-state index contributed by atoms with van der Waals surface area (Å²) < 4.78 is 0. The Hall–Kier alpha value is -2.58. The number of nitriles is 1. The van der Waals surface area contributed by atoms with Crippen LogP contribution in [0.5, 0.6) is 0 Å². The van der Waals surface area contributed by atoms with E-state index in [9.17, 15) is 4.79 Å². The molecular formula is C17H13N3OS. The van der Waals surface area contributed by atoms with E-state index in [4.69, 9.17) is 5.26 Å². The van der Waals surface area contributed by atoms with Gasteiger partial charge >= 0.3 is 0 Å². The van der Waals surface area contributed by atoms with Crippen LogP contribution in [0, 0.1) is 17.6 Å². The molecule has 3 rings (SSSR count). The summed E-state index contributed by atoms with van der Waals surface area (Å²) in [7, 11) is 0. The Kier molecular flexibility index (Phi) is 3.94. The van der Waals surface area contributed by atoms with Crippen LogP contribution in [0.15, 0.2) is 53.5 Å². The van der Waals surface area contributed by atoms with Crippen molar-refractivity contribution < 1.29 is 4.79 Å². The maximum atomic E-state index is 12.5. The van der Waals surface area contributed by atoms with Gasteiger partial charge in [0.2, 0.25) is 5.91 Å². The largest absolute Gasteiger partial charge is 0.323 e. The smallest absolute Gasteiger partial charge is 0.244 e. The van der Waals surface area contributed by atoms with Gasteiger partial charge in [0.25, 0.3) is 0 Å². The highest BCUT2D eigenvalue weighted by Gasteiger charge is 2.30. The minimum atomic E-state index is -0.653. The topological polar surface area (TPSA) is 65.2 Å². The standard InChI is InChI=1S/C17H13N3OS/c1-11-7-8-13-14(9-11)20-17(21)16(22-10-18)15(19-13)12-5-3-2-4-6-12/h2-9,16H,1H3,(H,20,21). The predicted octanol–water partition coefficient (Wildman–Crippen LogP) is 3.65. The number of anilines is 1. The highest BCUT2D eigenvalue weighted by molar-refractivity contribution is 8.05.